The lowest BCUT2D eigenvalue weighted by Crippen LogP contribution is -2.09. The topological polar surface area (TPSA) is 47.0 Å². The van der Waals surface area contributed by atoms with E-state index in [-0.39, 0.29) is 0 Å². The highest BCUT2D eigenvalue weighted by atomic mass is 127. The number of hydrogen-bond acceptors (Lipinski definition) is 4. The molecule has 1 rings (SSSR count). The van der Waals surface area contributed by atoms with E-state index < -0.39 is 0 Å². The van der Waals surface area contributed by atoms with Gasteiger partial charge in [-0.2, -0.15) is 0 Å². The van der Waals surface area contributed by atoms with Crippen molar-refractivity contribution >= 4 is 28.4 Å². The monoisotopic (exact) mass is 349 g/mol. The Morgan fingerprint density at radius 1 is 1.35 bits per heavy atom. The van der Waals surface area contributed by atoms with E-state index in [1.807, 2.05) is 7.05 Å². The number of nitrogens with zero attached hydrogens (tertiary/aromatic N) is 2. The van der Waals surface area contributed by atoms with E-state index >= 15 is 0 Å². The van der Waals surface area contributed by atoms with Gasteiger partial charge in [0.1, 0.15) is 11.6 Å². The lowest BCUT2D eigenvalue weighted by molar-refractivity contribution is 0.180. The molecule has 0 amide bonds. The number of nitrogens with one attached hydrogen (secondary N) is 1. The Hall–Kier alpha value is -0.430. The Balaban J connectivity index is 2.94. The maximum atomic E-state index is 5.17. The van der Waals surface area contributed by atoms with Crippen LogP contribution in [-0.4, -0.2) is 24.1 Å². The van der Waals surface area contributed by atoms with Gasteiger partial charge in [-0.3, -0.25) is 0 Å². The second-order valence-corrected chi connectivity index (χ2v) is 5.44. The molecule has 17 heavy (non-hydrogen) atoms. The van der Waals surface area contributed by atoms with Crippen LogP contribution in [0.5, 0.6) is 0 Å². The van der Waals surface area contributed by atoms with E-state index in [0.717, 1.165) is 33.7 Å². The number of halogens is 1. The predicted octanol–water partition coefficient (Wildman–Crippen LogP) is 2.86. The van der Waals surface area contributed by atoms with Gasteiger partial charge in [0.25, 0.3) is 0 Å². The van der Waals surface area contributed by atoms with Crippen molar-refractivity contribution in [2.24, 2.45) is 5.92 Å². The van der Waals surface area contributed by atoms with E-state index in [0.29, 0.717) is 12.5 Å². The fraction of sp³-hybridized carbons (Fsp3) is 0.667. The molecule has 0 fully saturated rings. The quantitative estimate of drug-likeness (QED) is 0.803. The van der Waals surface area contributed by atoms with Gasteiger partial charge in [0.05, 0.1) is 15.9 Å². The van der Waals surface area contributed by atoms with Gasteiger partial charge in [0.15, 0.2) is 0 Å². The second-order valence-electron chi connectivity index (χ2n) is 4.36. The molecule has 0 radical (unpaired) electrons. The summed E-state index contributed by atoms with van der Waals surface area (Å²) < 4.78 is 6.21. The first kappa shape index (κ1) is 14.6. The molecule has 1 aromatic heterocycles. The molecule has 0 bridgehead atoms. The third-order valence-electron chi connectivity index (χ3n) is 2.43. The van der Waals surface area contributed by atoms with Gasteiger partial charge in [-0.15, -0.1) is 0 Å². The number of methoxy groups -OCH3 is 1. The van der Waals surface area contributed by atoms with E-state index in [2.05, 4.69) is 51.7 Å². The van der Waals surface area contributed by atoms with Crippen LogP contribution in [0.3, 0.4) is 0 Å². The summed E-state index contributed by atoms with van der Waals surface area (Å²) in [6.07, 6.45) is 2.02. The lowest BCUT2D eigenvalue weighted by Gasteiger charge is -2.11. The Morgan fingerprint density at radius 2 is 2.06 bits per heavy atom. The summed E-state index contributed by atoms with van der Waals surface area (Å²) in [6, 6.07) is 0. The molecule has 4 nitrogen and oxygen atoms in total. The van der Waals surface area contributed by atoms with Crippen LogP contribution in [0.2, 0.25) is 0 Å². The average molecular weight is 349 g/mol. The van der Waals surface area contributed by atoms with Crippen LogP contribution in [0.15, 0.2) is 0 Å². The molecule has 0 atom stereocenters. The van der Waals surface area contributed by atoms with Crippen LogP contribution in [0, 0.1) is 9.49 Å². The van der Waals surface area contributed by atoms with Crippen molar-refractivity contribution in [1.29, 1.82) is 0 Å². The summed E-state index contributed by atoms with van der Waals surface area (Å²) in [5.41, 5.74) is 0.964. The van der Waals surface area contributed by atoms with E-state index in [1.165, 1.54) is 0 Å². The van der Waals surface area contributed by atoms with Crippen molar-refractivity contribution in [3.8, 4) is 0 Å². The summed E-state index contributed by atoms with van der Waals surface area (Å²) in [6.45, 7) is 4.95. The molecule has 0 saturated heterocycles. The first-order chi connectivity index (χ1) is 8.08. The van der Waals surface area contributed by atoms with E-state index in [4.69, 9.17) is 4.74 Å². The van der Waals surface area contributed by atoms with Gasteiger partial charge in [0.2, 0.25) is 0 Å². The molecule has 0 spiro atoms. The summed E-state index contributed by atoms with van der Waals surface area (Å²) in [5, 5.41) is 3.11. The standard InChI is InChI=1S/C12H20IN3O/c1-8(2)5-6-10-15-9(7-17-4)11(13)12(14-3)16-10/h8H,5-7H2,1-4H3,(H,14,15,16). The van der Waals surface area contributed by atoms with Crippen LogP contribution >= 0.6 is 22.6 Å². The lowest BCUT2D eigenvalue weighted by atomic mass is 10.1. The molecule has 96 valence electrons. The Bertz CT molecular complexity index is 369. The highest BCUT2D eigenvalue weighted by Crippen LogP contribution is 2.20. The first-order valence-electron chi connectivity index (χ1n) is 5.80. The normalized spacial score (nSPS) is 10.9. The maximum absolute atomic E-state index is 5.17. The summed E-state index contributed by atoms with van der Waals surface area (Å²) in [5.74, 6) is 2.46. The van der Waals surface area contributed by atoms with Gasteiger partial charge in [-0.1, -0.05) is 13.8 Å². The molecule has 0 aliphatic carbocycles. The molecule has 0 unspecified atom stereocenters. The van der Waals surface area contributed by atoms with Crippen molar-refractivity contribution in [2.45, 2.75) is 33.3 Å². The molecule has 0 aromatic carbocycles. The number of rotatable bonds is 6. The molecule has 1 aromatic rings. The van der Waals surface area contributed by atoms with Gasteiger partial charge in [-0.25, -0.2) is 9.97 Å². The van der Waals surface area contributed by atoms with Gasteiger partial charge in [0, 0.05) is 20.6 Å². The Labute approximate surface area is 117 Å². The molecule has 0 saturated carbocycles. The second kappa shape index (κ2) is 7.10. The highest BCUT2D eigenvalue weighted by Gasteiger charge is 2.11. The van der Waals surface area contributed by atoms with Gasteiger partial charge in [-0.05, 0) is 34.9 Å². The van der Waals surface area contributed by atoms with Crippen molar-refractivity contribution in [2.75, 3.05) is 19.5 Å². The minimum atomic E-state index is 0.532. The van der Waals surface area contributed by atoms with Crippen LogP contribution < -0.4 is 5.32 Å². The summed E-state index contributed by atoms with van der Waals surface area (Å²) in [4.78, 5) is 9.08. The molecule has 1 heterocycles. The van der Waals surface area contributed by atoms with Gasteiger partial charge < -0.3 is 10.1 Å². The van der Waals surface area contributed by atoms with Crippen LogP contribution in [0.1, 0.15) is 31.8 Å². The van der Waals surface area contributed by atoms with Crippen LogP contribution in [0.25, 0.3) is 0 Å². The largest absolute Gasteiger partial charge is 0.378 e. The van der Waals surface area contributed by atoms with Crippen LogP contribution in [0.4, 0.5) is 5.82 Å². The molecule has 1 N–H and O–H groups in total. The van der Waals surface area contributed by atoms with E-state index in [9.17, 15) is 0 Å². The van der Waals surface area contributed by atoms with Crippen molar-refractivity contribution in [1.82, 2.24) is 9.97 Å². The Morgan fingerprint density at radius 3 is 2.59 bits per heavy atom. The number of aromatic nitrogens is 2. The minimum Gasteiger partial charge on any atom is -0.378 e. The average Bonchev–Trinajstić information content (AvgIpc) is 2.30. The maximum Gasteiger partial charge on any atom is 0.143 e. The van der Waals surface area contributed by atoms with Crippen molar-refractivity contribution < 1.29 is 4.74 Å². The molecule has 5 heteroatoms. The zero-order chi connectivity index (χ0) is 12.8. The minimum absolute atomic E-state index is 0.532. The van der Waals surface area contributed by atoms with Crippen molar-refractivity contribution in [3.05, 3.63) is 15.1 Å². The fourth-order valence-corrected chi connectivity index (χ4v) is 2.14. The summed E-state index contributed by atoms with van der Waals surface area (Å²) >= 11 is 2.26. The number of aryl methyl sites for hydroxylation is 1. The first-order valence-corrected chi connectivity index (χ1v) is 6.88. The third-order valence-corrected chi connectivity index (χ3v) is 3.56. The van der Waals surface area contributed by atoms with Crippen LogP contribution in [-0.2, 0) is 17.8 Å². The SMILES string of the molecule is CNc1nc(CCC(C)C)nc(COC)c1I. The number of hydrogen-bond donors (Lipinski definition) is 1. The van der Waals surface area contributed by atoms with E-state index in [1.54, 1.807) is 7.11 Å². The fourth-order valence-electron chi connectivity index (χ4n) is 1.47. The molecular formula is C12H20IN3O. The Kier molecular flexibility index (Phi) is 6.11. The smallest absolute Gasteiger partial charge is 0.143 e. The van der Waals surface area contributed by atoms with Gasteiger partial charge >= 0.3 is 0 Å². The highest BCUT2D eigenvalue weighted by molar-refractivity contribution is 14.1. The number of ether oxygens (including phenoxy) is 1. The molecule has 0 aliphatic heterocycles. The molecular weight excluding hydrogens is 329 g/mol. The number of anilines is 1. The predicted molar refractivity (Wildman–Crippen MR) is 78.2 cm³/mol. The summed E-state index contributed by atoms with van der Waals surface area (Å²) in [7, 11) is 3.57. The van der Waals surface area contributed by atoms with Crippen molar-refractivity contribution in [3.63, 3.8) is 0 Å². The third kappa shape index (κ3) is 4.39. The zero-order valence-electron chi connectivity index (χ0n) is 10.9. The zero-order valence-corrected chi connectivity index (χ0v) is 13.0. The molecule has 0 aliphatic rings.